The summed E-state index contributed by atoms with van der Waals surface area (Å²) in [5, 5.41) is 10.5. The number of nitrogens with zero attached hydrogens (tertiary/aromatic N) is 3. The van der Waals surface area contributed by atoms with Gasteiger partial charge in [-0.05, 0) is 57.9 Å². The molecule has 34 heavy (non-hydrogen) atoms. The Balaban J connectivity index is 1.39. The fourth-order valence-electron chi connectivity index (χ4n) is 4.07. The highest BCUT2D eigenvalue weighted by atomic mass is 16.6. The summed E-state index contributed by atoms with van der Waals surface area (Å²) < 4.78 is 10.1. The Morgan fingerprint density at radius 3 is 2.03 bits per heavy atom. The standard InChI is InChI=1S/C24H37N5O5/c1-24(2,3)34-22(31)18-9-11-28(12-10-18)29-15-13-27(14-16-29)23(32)26-20-7-5-19(6-8-20)25-17-21(30)33-4/h5-8,18,25H,9-17H2,1-4H3,(H,26,32). The number of urea groups is 1. The summed E-state index contributed by atoms with van der Waals surface area (Å²) in [4.78, 5) is 38.0. The summed E-state index contributed by atoms with van der Waals surface area (Å²) in [6, 6.07) is 7.07. The van der Waals surface area contributed by atoms with Crippen molar-refractivity contribution >= 4 is 29.3 Å². The van der Waals surface area contributed by atoms with E-state index < -0.39 is 5.60 Å². The van der Waals surface area contributed by atoms with E-state index in [-0.39, 0.29) is 30.4 Å². The van der Waals surface area contributed by atoms with Crippen molar-refractivity contribution in [3.63, 3.8) is 0 Å². The first-order valence-electron chi connectivity index (χ1n) is 11.8. The van der Waals surface area contributed by atoms with Crippen LogP contribution in [0.3, 0.4) is 0 Å². The number of rotatable bonds is 6. The van der Waals surface area contributed by atoms with Crippen LogP contribution in [0.1, 0.15) is 33.6 Å². The highest BCUT2D eigenvalue weighted by Crippen LogP contribution is 2.23. The first-order chi connectivity index (χ1) is 16.1. The van der Waals surface area contributed by atoms with Gasteiger partial charge >= 0.3 is 18.0 Å². The average molecular weight is 476 g/mol. The molecule has 2 heterocycles. The number of hydrogen-bond acceptors (Lipinski definition) is 8. The van der Waals surface area contributed by atoms with Crippen LogP contribution in [0.15, 0.2) is 24.3 Å². The molecule has 10 nitrogen and oxygen atoms in total. The molecule has 3 rings (SSSR count). The summed E-state index contributed by atoms with van der Waals surface area (Å²) in [6.45, 7) is 10.2. The number of amides is 2. The smallest absolute Gasteiger partial charge is 0.325 e. The Morgan fingerprint density at radius 2 is 1.47 bits per heavy atom. The Bertz CT molecular complexity index is 838. The summed E-state index contributed by atoms with van der Waals surface area (Å²) in [6.07, 6.45) is 1.58. The zero-order chi connectivity index (χ0) is 24.7. The maximum Gasteiger partial charge on any atom is 0.325 e. The van der Waals surface area contributed by atoms with Gasteiger partial charge in [0.1, 0.15) is 12.1 Å². The van der Waals surface area contributed by atoms with Crippen molar-refractivity contribution < 1.29 is 23.9 Å². The SMILES string of the molecule is COC(=O)CNc1ccc(NC(=O)N2CCN(N3CCC(C(=O)OC(C)(C)C)CC3)CC2)cc1. The van der Waals surface area contributed by atoms with Crippen LogP contribution < -0.4 is 10.6 Å². The molecule has 0 atom stereocenters. The van der Waals surface area contributed by atoms with Gasteiger partial charge in [-0.15, -0.1) is 0 Å². The quantitative estimate of drug-likeness (QED) is 0.605. The third-order valence-electron chi connectivity index (χ3n) is 5.96. The van der Waals surface area contributed by atoms with Crippen molar-refractivity contribution in [2.24, 2.45) is 5.92 Å². The van der Waals surface area contributed by atoms with E-state index in [2.05, 4.69) is 25.4 Å². The molecule has 2 aliphatic rings. The topological polar surface area (TPSA) is 103 Å². The first-order valence-corrected chi connectivity index (χ1v) is 11.8. The first kappa shape index (κ1) is 25.8. The predicted molar refractivity (Wildman–Crippen MR) is 129 cm³/mol. The third kappa shape index (κ3) is 7.59. The number of piperazine rings is 1. The molecule has 0 aliphatic carbocycles. The van der Waals surface area contributed by atoms with Crippen LogP contribution in [-0.4, -0.2) is 91.4 Å². The molecular formula is C24H37N5O5. The normalized spacial score (nSPS) is 18.3. The number of methoxy groups -OCH3 is 1. The highest BCUT2D eigenvalue weighted by molar-refractivity contribution is 5.89. The van der Waals surface area contributed by atoms with Crippen LogP contribution in [0.5, 0.6) is 0 Å². The van der Waals surface area contributed by atoms with Crippen LogP contribution in [0.25, 0.3) is 0 Å². The van der Waals surface area contributed by atoms with E-state index in [1.54, 1.807) is 24.3 Å². The minimum atomic E-state index is -0.450. The zero-order valence-corrected chi connectivity index (χ0v) is 20.6. The summed E-state index contributed by atoms with van der Waals surface area (Å²) in [5.41, 5.74) is 1.02. The number of carbonyl (C=O) groups is 3. The fraction of sp³-hybridized carbons (Fsp3) is 0.625. The predicted octanol–water partition coefficient (Wildman–Crippen LogP) is 2.39. The van der Waals surface area contributed by atoms with Gasteiger partial charge in [0, 0.05) is 50.6 Å². The molecule has 0 saturated carbocycles. The molecule has 2 aliphatic heterocycles. The van der Waals surface area contributed by atoms with Crippen molar-refractivity contribution in [2.45, 2.75) is 39.2 Å². The lowest BCUT2D eigenvalue weighted by Gasteiger charge is -2.43. The maximum atomic E-state index is 12.7. The number of nitrogens with one attached hydrogen (secondary N) is 2. The number of benzene rings is 1. The molecule has 0 unspecified atom stereocenters. The number of hydrogen-bond donors (Lipinski definition) is 2. The monoisotopic (exact) mass is 475 g/mol. The third-order valence-corrected chi connectivity index (χ3v) is 5.96. The van der Waals surface area contributed by atoms with Crippen LogP contribution in [0, 0.1) is 5.92 Å². The molecule has 10 heteroatoms. The molecule has 0 radical (unpaired) electrons. The Hall–Kier alpha value is -2.85. The van der Waals surface area contributed by atoms with E-state index in [9.17, 15) is 14.4 Å². The molecule has 188 valence electrons. The van der Waals surface area contributed by atoms with Crippen LogP contribution in [0.4, 0.5) is 16.2 Å². The second kappa shape index (κ2) is 11.5. The second-order valence-corrected chi connectivity index (χ2v) is 9.64. The Morgan fingerprint density at radius 1 is 0.912 bits per heavy atom. The Kier molecular flexibility index (Phi) is 8.73. The summed E-state index contributed by atoms with van der Waals surface area (Å²) in [5.74, 6) is -0.477. The number of anilines is 2. The average Bonchev–Trinajstić information content (AvgIpc) is 2.82. The molecule has 2 N–H and O–H groups in total. The van der Waals surface area contributed by atoms with Gasteiger partial charge in [0.15, 0.2) is 0 Å². The van der Waals surface area contributed by atoms with Gasteiger partial charge in [0.05, 0.1) is 13.0 Å². The van der Waals surface area contributed by atoms with Crippen molar-refractivity contribution in [2.75, 3.05) is 63.6 Å². The van der Waals surface area contributed by atoms with Crippen LogP contribution >= 0.6 is 0 Å². The van der Waals surface area contributed by atoms with Crippen LogP contribution in [-0.2, 0) is 19.1 Å². The molecule has 0 bridgehead atoms. The van der Waals surface area contributed by atoms with E-state index in [4.69, 9.17) is 4.74 Å². The van der Waals surface area contributed by atoms with Crippen molar-refractivity contribution in [3.05, 3.63) is 24.3 Å². The lowest BCUT2D eigenvalue weighted by molar-refractivity contribution is -0.164. The molecular weight excluding hydrogens is 438 g/mol. The van der Waals surface area contributed by atoms with E-state index >= 15 is 0 Å². The van der Waals surface area contributed by atoms with Gasteiger partial charge in [-0.3, -0.25) is 9.59 Å². The maximum absolute atomic E-state index is 12.7. The molecule has 0 spiro atoms. The van der Waals surface area contributed by atoms with Gasteiger partial charge in [-0.2, -0.15) is 0 Å². The molecule has 1 aromatic carbocycles. The molecule has 2 amide bonds. The molecule has 2 fully saturated rings. The number of esters is 2. The minimum absolute atomic E-state index is 0.0374. The molecule has 0 aromatic heterocycles. The van der Waals surface area contributed by atoms with Crippen molar-refractivity contribution in [3.8, 4) is 0 Å². The second-order valence-electron chi connectivity index (χ2n) is 9.64. The van der Waals surface area contributed by atoms with Gasteiger partial charge in [-0.1, -0.05) is 0 Å². The number of piperidine rings is 1. The highest BCUT2D eigenvalue weighted by Gasteiger charge is 2.32. The summed E-state index contributed by atoms with van der Waals surface area (Å²) in [7, 11) is 1.34. The van der Waals surface area contributed by atoms with E-state index in [0.29, 0.717) is 18.8 Å². The number of ether oxygens (including phenoxy) is 2. The van der Waals surface area contributed by atoms with Gasteiger partial charge < -0.3 is 25.0 Å². The molecule has 1 aromatic rings. The van der Waals surface area contributed by atoms with Crippen molar-refractivity contribution in [1.29, 1.82) is 0 Å². The fourth-order valence-corrected chi connectivity index (χ4v) is 4.07. The minimum Gasteiger partial charge on any atom is -0.468 e. The van der Waals surface area contributed by atoms with E-state index in [1.807, 2.05) is 25.7 Å². The van der Waals surface area contributed by atoms with E-state index in [1.165, 1.54) is 7.11 Å². The largest absolute Gasteiger partial charge is 0.468 e. The molecule has 2 saturated heterocycles. The zero-order valence-electron chi connectivity index (χ0n) is 20.6. The van der Waals surface area contributed by atoms with Gasteiger partial charge in [0.2, 0.25) is 0 Å². The van der Waals surface area contributed by atoms with Crippen LogP contribution in [0.2, 0.25) is 0 Å². The van der Waals surface area contributed by atoms with E-state index in [0.717, 1.165) is 44.7 Å². The lowest BCUT2D eigenvalue weighted by Crippen LogP contribution is -2.57. The van der Waals surface area contributed by atoms with Gasteiger partial charge in [0.25, 0.3) is 0 Å². The van der Waals surface area contributed by atoms with Gasteiger partial charge in [-0.25, -0.2) is 14.8 Å². The van der Waals surface area contributed by atoms with Crippen molar-refractivity contribution in [1.82, 2.24) is 14.9 Å². The summed E-state index contributed by atoms with van der Waals surface area (Å²) >= 11 is 0. The Labute approximate surface area is 201 Å². The number of hydrazine groups is 1. The number of carbonyl (C=O) groups excluding carboxylic acids is 3. The lowest BCUT2D eigenvalue weighted by atomic mass is 9.97.